The standard InChI is InChI=1S/C21H25FN4OS/c1-25(2)21-24-17-13-18(19(27)23-15-7-5-3-4-6-8-15)28-20(17)26(21)16-11-9-14(22)10-12-16/h9-13,15H,3-8H2,1-2H3,(H,23,27). The van der Waals surface area contributed by atoms with Gasteiger partial charge in [-0.15, -0.1) is 11.3 Å². The third kappa shape index (κ3) is 3.76. The Balaban J connectivity index is 1.67. The molecule has 3 aromatic rings. The zero-order valence-electron chi connectivity index (χ0n) is 16.2. The molecule has 2 aromatic heterocycles. The van der Waals surface area contributed by atoms with Crippen molar-refractivity contribution in [3.63, 3.8) is 0 Å². The highest BCUT2D eigenvalue weighted by atomic mass is 32.1. The lowest BCUT2D eigenvalue weighted by atomic mass is 10.1. The van der Waals surface area contributed by atoms with Crippen LogP contribution in [-0.2, 0) is 0 Å². The zero-order chi connectivity index (χ0) is 19.7. The van der Waals surface area contributed by atoms with Gasteiger partial charge in [0.2, 0.25) is 5.95 Å². The zero-order valence-corrected chi connectivity index (χ0v) is 17.1. The largest absolute Gasteiger partial charge is 0.349 e. The number of anilines is 1. The first-order valence-electron chi connectivity index (χ1n) is 9.79. The van der Waals surface area contributed by atoms with Crippen LogP contribution in [0.3, 0.4) is 0 Å². The van der Waals surface area contributed by atoms with Crippen molar-refractivity contribution in [2.24, 2.45) is 0 Å². The van der Waals surface area contributed by atoms with Crippen LogP contribution in [0.25, 0.3) is 16.0 Å². The number of hydrogen-bond donors (Lipinski definition) is 1. The molecule has 148 valence electrons. The predicted octanol–water partition coefficient (Wildman–Crippen LogP) is 4.74. The summed E-state index contributed by atoms with van der Waals surface area (Å²) < 4.78 is 15.4. The van der Waals surface area contributed by atoms with Gasteiger partial charge in [0.25, 0.3) is 5.91 Å². The van der Waals surface area contributed by atoms with Crippen molar-refractivity contribution in [1.29, 1.82) is 0 Å². The van der Waals surface area contributed by atoms with Crippen molar-refractivity contribution >= 4 is 33.5 Å². The summed E-state index contributed by atoms with van der Waals surface area (Å²) in [5.41, 5.74) is 1.61. The first kappa shape index (κ1) is 18.9. The first-order chi connectivity index (χ1) is 13.5. The molecule has 1 saturated carbocycles. The maximum absolute atomic E-state index is 13.4. The number of amides is 1. The molecule has 2 heterocycles. The number of halogens is 1. The van der Waals surface area contributed by atoms with Crippen LogP contribution in [0, 0.1) is 5.82 Å². The van der Waals surface area contributed by atoms with Crippen LogP contribution in [0.5, 0.6) is 0 Å². The van der Waals surface area contributed by atoms with Gasteiger partial charge >= 0.3 is 0 Å². The molecule has 0 aliphatic heterocycles. The Labute approximate surface area is 168 Å². The quantitative estimate of drug-likeness (QED) is 0.643. The molecule has 1 fully saturated rings. The van der Waals surface area contributed by atoms with Gasteiger partial charge in [-0.2, -0.15) is 0 Å². The molecule has 0 spiro atoms. The number of imidazole rings is 1. The van der Waals surface area contributed by atoms with Gasteiger partial charge in [-0.3, -0.25) is 9.36 Å². The molecule has 4 rings (SSSR count). The van der Waals surface area contributed by atoms with Crippen LogP contribution in [0.4, 0.5) is 10.3 Å². The SMILES string of the molecule is CN(C)c1nc2cc(C(=O)NC3CCCCCC3)sc2n1-c1ccc(F)cc1. The van der Waals surface area contributed by atoms with E-state index in [1.165, 1.54) is 49.2 Å². The monoisotopic (exact) mass is 400 g/mol. The van der Waals surface area contributed by atoms with Crippen molar-refractivity contribution in [3.05, 3.63) is 41.0 Å². The van der Waals surface area contributed by atoms with E-state index in [9.17, 15) is 9.18 Å². The number of nitrogens with one attached hydrogen (secondary N) is 1. The van der Waals surface area contributed by atoms with Crippen molar-refractivity contribution in [2.75, 3.05) is 19.0 Å². The second-order valence-electron chi connectivity index (χ2n) is 7.58. The lowest BCUT2D eigenvalue weighted by Gasteiger charge is -2.16. The molecule has 1 amide bonds. The fourth-order valence-electron chi connectivity index (χ4n) is 3.78. The Hall–Kier alpha value is -2.41. The fourth-order valence-corrected chi connectivity index (χ4v) is 4.79. The second kappa shape index (κ2) is 7.91. The second-order valence-corrected chi connectivity index (χ2v) is 8.61. The van der Waals surface area contributed by atoms with Gasteiger partial charge in [0.05, 0.1) is 10.6 Å². The minimum absolute atomic E-state index is 0.0213. The summed E-state index contributed by atoms with van der Waals surface area (Å²) in [5.74, 6) is 0.455. The Bertz CT molecular complexity index is 968. The molecule has 0 bridgehead atoms. The number of carbonyl (C=O) groups excluding carboxylic acids is 1. The summed E-state index contributed by atoms with van der Waals surface area (Å²) in [6.45, 7) is 0. The summed E-state index contributed by atoms with van der Waals surface area (Å²) in [7, 11) is 3.84. The highest BCUT2D eigenvalue weighted by molar-refractivity contribution is 7.20. The van der Waals surface area contributed by atoms with E-state index in [0.717, 1.165) is 34.8 Å². The summed E-state index contributed by atoms with van der Waals surface area (Å²) in [5, 5.41) is 3.20. The van der Waals surface area contributed by atoms with Crippen molar-refractivity contribution in [2.45, 2.75) is 44.6 Å². The highest BCUT2D eigenvalue weighted by Crippen LogP contribution is 2.33. The molecule has 1 N–H and O–H groups in total. The van der Waals surface area contributed by atoms with Crippen LogP contribution in [0.2, 0.25) is 0 Å². The van der Waals surface area contributed by atoms with Gasteiger partial charge in [-0.1, -0.05) is 25.7 Å². The summed E-state index contributed by atoms with van der Waals surface area (Å²) in [4.78, 5) is 21.0. The molecule has 0 atom stereocenters. The number of benzene rings is 1. The molecular formula is C21H25FN4OS. The number of aromatic nitrogens is 2. The van der Waals surface area contributed by atoms with Gasteiger partial charge in [0.1, 0.15) is 16.2 Å². The fraction of sp³-hybridized carbons (Fsp3) is 0.429. The highest BCUT2D eigenvalue weighted by Gasteiger charge is 2.22. The average molecular weight is 401 g/mol. The van der Waals surface area contributed by atoms with Crippen LogP contribution in [0.15, 0.2) is 30.3 Å². The third-order valence-electron chi connectivity index (χ3n) is 5.22. The van der Waals surface area contributed by atoms with Crippen molar-refractivity contribution in [3.8, 4) is 5.69 Å². The minimum Gasteiger partial charge on any atom is -0.349 e. The summed E-state index contributed by atoms with van der Waals surface area (Å²) in [6, 6.07) is 8.46. The van der Waals surface area contributed by atoms with Crippen LogP contribution in [0.1, 0.15) is 48.2 Å². The van der Waals surface area contributed by atoms with E-state index in [1.807, 2.05) is 29.6 Å². The molecule has 1 aliphatic rings. The maximum Gasteiger partial charge on any atom is 0.261 e. The van der Waals surface area contributed by atoms with E-state index in [2.05, 4.69) is 5.32 Å². The van der Waals surface area contributed by atoms with Crippen LogP contribution >= 0.6 is 11.3 Å². The Morgan fingerprint density at radius 1 is 1.18 bits per heavy atom. The lowest BCUT2D eigenvalue weighted by Crippen LogP contribution is -2.33. The topological polar surface area (TPSA) is 50.2 Å². The van der Waals surface area contributed by atoms with E-state index < -0.39 is 0 Å². The first-order valence-corrected chi connectivity index (χ1v) is 10.6. The van der Waals surface area contributed by atoms with E-state index >= 15 is 0 Å². The van der Waals surface area contributed by atoms with E-state index in [0.29, 0.717) is 4.88 Å². The molecule has 5 nitrogen and oxygen atoms in total. The number of nitrogens with zero attached hydrogens (tertiary/aromatic N) is 3. The smallest absolute Gasteiger partial charge is 0.261 e. The molecule has 0 radical (unpaired) electrons. The predicted molar refractivity (Wildman–Crippen MR) is 112 cm³/mol. The Morgan fingerprint density at radius 3 is 2.50 bits per heavy atom. The number of hydrogen-bond acceptors (Lipinski definition) is 4. The molecule has 7 heteroatoms. The van der Waals surface area contributed by atoms with Crippen LogP contribution in [-0.4, -0.2) is 35.6 Å². The van der Waals surface area contributed by atoms with E-state index in [-0.39, 0.29) is 17.8 Å². The summed E-state index contributed by atoms with van der Waals surface area (Å²) >= 11 is 1.43. The van der Waals surface area contributed by atoms with E-state index in [4.69, 9.17) is 4.98 Å². The van der Waals surface area contributed by atoms with Crippen molar-refractivity contribution < 1.29 is 9.18 Å². The number of carbonyl (C=O) groups is 1. The Kier molecular flexibility index (Phi) is 5.35. The van der Waals surface area contributed by atoms with Gasteiger partial charge in [0, 0.05) is 20.1 Å². The number of rotatable bonds is 4. The minimum atomic E-state index is -0.277. The van der Waals surface area contributed by atoms with Gasteiger partial charge < -0.3 is 10.2 Å². The maximum atomic E-state index is 13.4. The van der Waals surface area contributed by atoms with Gasteiger partial charge in [-0.05, 0) is 43.2 Å². The third-order valence-corrected chi connectivity index (χ3v) is 6.32. The lowest BCUT2D eigenvalue weighted by molar-refractivity contribution is 0.0937. The average Bonchev–Trinajstić information content (AvgIpc) is 3.12. The summed E-state index contributed by atoms with van der Waals surface area (Å²) in [6.07, 6.45) is 6.99. The molecule has 0 saturated heterocycles. The number of thiophene rings is 1. The number of fused-ring (bicyclic) bond motifs is 1. The molecule has 1 aliphatic carbocycles. The molecular weight excluding hydrogens is 375 g/mol. The molecule has 1 aromatic carbocycles. The normalized spacial score (nSPS) is 15.5. The van der Waals surface area contributed by atoms with Crippen LogP contribution < -0.4 is 10.2 Å². The van der Waals surface area contributed by atoms with E-state index in [1.54, 1.807) is 12.1 Å². The molecule has 28 heavy (non-hydrogen) atoms. The van der Waals surface area contributed by atoms with Gasteiger partial charge in [-0.25, -0.2) is 9.37 Å². The molecule has 0 unspecified atom stereocenters. The Morgan fingerprint density at radius 2 is 1.86 bits per heavy atom. The van der Waals surface area contributed by atoms with Crippen molar-refractivity contribution in [1.82, 2.24) is 14.9 Å². The van der Waals surface area contributed by atoms with Gasteiger partial charge in [0.15, 0.2) is 0 Å².